The molecule has 12 heteroatoms. The maximum absolute atomic E-state index is 13.4. The van der Waals surface area contributed by atoms with E-state index in [9.17, 15) is 14.0 Å². The summed E-state index contributed by atoms with van der Waals surface area (Å²) in [5.74, 6) is 0.639. The van der Waals surface area contributed by atoms with Gasteiger partial charge in [0.1, 0.15) is 10.8 Å². The molecular weight excluding hydrogens is 489 g/mol. The van der Waals surface area contributed by atoms with Crippen LogP contribution in [0, 0.1) is 5.82 Å². The number of methoxy groups -OCH3 is 3. The van der Waals surface area contributed by atoms with Crippen molar-refractivity contribution in [3.63, 3.8) is 0 Å². The van der Waals surface area contributed by atoms with E-state index >= 15 is 0 Å². The molecule has 0 saturated heterocycles. The Bertz CT molecular complexity index is 1180. The zero-order chi connectivity index (χ0) is 26.1. The third kappa shape index (κ3) is 6.81. The highest BCUT2D eigenvalue weighted by Crippen LogP contribution is 2.42. The Hall–Kier alpha value is -3.93. The molecule has 3 rings (SSSR count). The van der Waals surface area contributed by atoms with Crippen LogP contribution < -0.4 is 24.8 Å². The lowest BCUT2D eigenvalue weighted by Crippen LogP contribution is -2.37. The minimum atomic E-state index is -0.447. The first-order valence-corrected chi connectivity index (χ1v) is 11.9. The molecule has 1 heterocycles. The first-order valence-electron chi connectivity index (χ1n) is 11.1. The van der Waals surface area contributed by atoms with Crippen molar-refractivity contribution in [1.29, 1.82) is 0 Å². The number of urea groups is 1. The molecule has 0 unspecified atom stereocenters. The first-order chi connectivity index (χ1) is 17.4. The summed E-state index contributed by atoms with van der Waals surface area (Å²) in [7, 11) is 4.56. The average Bonchev–Trinajstić information content (AvgIpc) is 3.33. The molecule has 0 bridgehead atoms. The standard InChI is InChI=1S/C24H28FN5O5S/c1-5-10-30(24(32)26-17-8-6-7-16(25)14-17)11-9-20(31)27-23-29-28-22(36-23)15-12-18(33-2)21(35-4)19(13-15)34-3/h6-8,12-14H,5,9-11H2,1-4H3,(H,26,32)(H,27,29,31). The molecule has 1 aromatic heterocycles. The molecule has 0 fully saturated rings. The lowest BCUT2D eigenvalue weighted by Gasteiger charge is -2.22. The quantitative estimate of drug-likeness (QED) is 0.381. The molecule has 0 saturated carbocycles. The van der Waals surface area contributed by atoms with Gasteiger partial charge in [-0.2, -0.15) is 0 Å². The monoisotopic (exact) mass is 517 g/mol. The van der Waals surface area contributed by atoms with Crippen molar-refractivity contribution in [3.05, 3.63) is 42.2 Å². The molecular formula is C24H28FN5O5S. The molecule has 0 radical (unpaired) electrons. The molecule has 0 aliphatic rings. The molecule has 0 atom stereocenters. The average molecular weight is 518 g/mol. The van der Waals surface area contributed by atoms with Crippen molar-refractivity contribution in [3.8, 4) is 27.8 Å². The SMILES string of the molecule is CCCN(CCC(=O)Nc1nnc(-c2cc(OC)c(OC)c(OC)c2)s1)C(=O)Nc1cccc(F)c1. The Kier molecular flexibility index (Phi) is 9.39. The fourth-order valence-corrected chi connectivity index (χ4v) is 4.11. The van der Waals surface area contributed by atoms with E-state index in [0.717, 1.165) is 0 Å². The summed E-state index contributed by atoms with van der Waals surface area (Å²) in [5, 5.41) is 14.4. The fraction of sp³-hybridized carbons (Fsp3) is 0.333. The number of benzene rings is 2. The van der Waals surface area contributed by atoms with Crippen LogP contribution in [0.25, 0.3) is 10.6 Å². The number of ether oxygens (including phenoxy) is 3. The highest BCUT2D eigenvalue weighted by Gasteiger charge is 2.18. The number of anilines is 2. The van der Waals surface area contributed by atoms with Crippen LogP contribution >= 0.6 is 11.3 Å². The maximum Gasteiger partial charge on any atom is 0.321 e. The number of amides is 3. The summed E-state index contributed by atoms with van der Waals surface area (Å²) >= 11 is 1.19. The molecule has 3 aromatic rings. The van der Waals surface area contributed by atoms with Gasteiger partial charge in [0.25, 0.3) is 0 Å². The van der Waals surface area contributed by atoms with Gasteiger partial charge in [0.2, 0.25) is 16.8 Å². The third-order valence-electron chi connectivity index (χ3n) is 5.05. The normalized spacial score (nSPS) is 10.5. The van der Waals surface area contributed by atoms with Gasteiger partial charge in [-0.3, -0.25) is 4.79 Å². The number of nitrogens with zero attached hydrogens (tertiary/aromatic N) is 3. The summed E-state index contributed by atoms with van der Waals surface area (Å²) in [6, 6.07) is 8.71. The van der Waals surface area contributed by atoms with E-state index in [-0.39, 0.29) is 18.9 Å². The molecule has 0 aliphatic heterocycles. The Morgan fingerprint density at radius 1 is 1.00 bits per heavy atom. The zero-order valence-electron chi connectivity index (χ0n) is 20.5. The number of nitrogens with one attached hydrogen (secondary N) is 2. The van der Waals surface area contributed by atoms with E-state index in [1.807, 2.05) is 6.92 Å². The summed E-state index contributed by atoms with van der Waals surface area (Å²) < 4.78 is 29.5. The van der Waals surface area contributed by atoms with Crippen LogP contribution in [0.5, 0.6) is 17.2 Å². The summed E-state index contributed by atoms with van der Waals surface area (Å²) in [5.41, 5.74) is 1.03. The molecule has 192 valence electrons. The molecule has 3 amide bonds. The predicted molar refractivity (Wildman–Crippen MR) is 136 cm³/mol. The van der Waals surface area contributed by atoms with E-state index in [2.05, 4.69) is 20.8 Å². The number of carbonyl (C=O) groups is 2. The van der Waals surface area contributed by atoms with Crippen LogP contribution in [-0.2, 0) is 4.79 Å². The van der Waals surface area contributed by atoms with Crippen molar-refractivity contribution in [2.24, 2.45) is 0 Å². The van der Waals surface area contributed by atoms with Gasteiger partial charge in [-0.1, -0.05) is 24.3 Å². The molecule has 10 nitrogen and oxygen atoms in total. The van der Waals surface area contributed by atoms with Crippen molar-refractivity contribution >= 4 is 34.1 Å². The van der Waals surface area contributed by atoms with Crippen LogP contribution in [0.1, 0.15) is 19.8 Å². The second-order valence-electron chi connectivity index (χ2n) is 7.55. The number of hydrogen-bond donors (Lipinski definition) is 2. The lowest BCUT2D eigenvalue weighted by molar-refractivity contribution is -0.116. The van der Waals surface area contributed by atoms with Crippen LogP contribution in [0.4, 0.5) is 20.0 Å². The molecule has 2 N–H and O–H groups in total. The Morgan fingerprint density at radius 3 is 2.33 bits per heavy atom. The zero-order valence-corrected chi connectivity index (χ0v) is 21.3. The minimum absolute atomic E-state index is 0.0513. The number of carbonyl (C=O) groups excluding carboxylic acids is 2. The Labute approximate surface area is 212 Å². The van der Waals surface area contributed by atoms with Crippen molar-refractivity contribution in [1.82, 2.24) is 15.1 Å². The van der Waals surface area contributed by atoms with Gasteiger partial charge in [0.15, 0.2) is 11.5 Å². The van der Waals surface area contributed by atoms with Crippen molar-refractivity contribution in [2.45, 2.75) is 19.8 Å². The van der Waals surface area contributed by atoms with Crippen LogP contribution in [0.15, 0.2) is 36.4 Å². The van der Waals surface area contributed by atoms with Gasteiger partial charge in [-0.15, -0.1) is 10.2 Å². The Morgan fingerprint density at radius 2 is 1.72 bits per heavy atom. The van der Waals surface area contributed by atoms with E-state index in [1.54, 1.807) is 18.2 Å². The topological polar surface area (TPSA) is 115 Å². The van der Waals surface area contributed by atoms with Gasteiger partial charge >= 0.3 is 6.03 Å². The lowest BCUT2D eigenvalue weighted by atomic mass is 10.2. The van der Waals surface area contributed by atoms with Crippen LogP contribution in [-0.4, -0.2) is 61.5 Å². The molecule has 0 spiro atoms. The van der Waals surface area contributed by atoms with Gasteiger partial charge in [0.05, 0.1) is 21.3 Å². The maximum atomic E-state index is 13.4. The van der Waals surface area contributed by atoms with Crippen molar-refractivity contribution < 1.29 is 28.2 Å². The van der Waals surface area contributed by atoms with E-state index < -0.39 is 11.8 Å². The van der Waals surface area contributed by atoms with Crippen molar-refractivity contribution in [2.75, 3.05) is 45.1 Å². The number of rotatable bonds is 11. The van der Waals surface area contributed by atoms with Crippen LogP contribution in [0.3, 0.4) is 0 Å². The first kappa shape index (κ1) is 26.7. The molecule has 2 aromatic carbocycles. The number of hydrogen-bond acceptors (Lipinski definition) is 8. The highest BCUT2D eigenvalue weighted by molar-refractivity contribution is 7.18. The van der Waals surface area contributed by atoms with E-state index in [0.29, 0.717) is 51.6 Å². The largest absolute Gasteiger partial charge is 0.493 e. The minimum Gasteiger partial charge on any atom is -0.493 e. The fourth-order valence-electron chi connectivity index (χ4n) is 3.37. The number of halogens is 1. The van der Waals surface area contributed by atoms with E-state index in [1.165, 1.54) is 55.8 Å². The van der Waals surface area contributed by atoms with Gasteiger partial charge in [-0.05, 0) is 36.8 Å². The summed E-state index contributed by atoms with van der Waals surface area (Å²) in [6.45, 7) is 2.55. The second-order valence-corrected chi connectivity index (χ2v) is 8.53. The third-order valence-corrected chi connectivity index (χ3v) is 5.94. The van der Waals surface area contributed by atoms with Gasteiger partial charge < -0.3 is 29.7 Å². The van der Waals surface area contributed by atoms with Gasteiger partial charge in [0, 0.05) is 30.8 Å². The van der Waals surface area contributed by atoms with E-state index in [4.69, 9.17) is 14.2 Å². The molecule has 0 aliphatic carbocycles. The Balaban J connectivity index is 1.62. The van der Waals surface area contributed by atoms with Gasteiger partial charge in [-0.25, -0.2) is 9.18 Å². The summed E-state index contributed by atoms with van der Waals surface area (Å²) in [6.07, 6.45) is 0.752. The molecule has 36 heavy (non-hydrogen) atoms. The number of aromatic nitrogens is 2. The smallest absolute Gasteiger partial charge is 0.321 e. The summed E-state index contributed by atoms with van der Waals surface area (Å²) in [4.78, 5) is 26.7. The van der Waals surface area contributed by atoms with Crippen LogP contribution in [0.2, 0.25) is 0 Å². The second kappa shape index (κ2) is 12.7. The highest BCUT2D eigenvalue weighted by atomic mass is 32.1. The predicted octanol–water partition coefficient (Wildman–Crippen LogP) is 4.64.